The number of benzene rings is 1. The van der Waals surface area contributed by atoms with Crippen LogP contribution in [0.2, 0.25) is 10.0 Å². The maximum Gasteiger partial charge on any atom is 0.310 e. The van der Waals surface area contributed by atoms with E-state index in [0.717, 1.165) is 68.2 Å². The van der Waals surface area contributed by atoms with Crippen molar-refractivity contribution < 1.29 is 9.90 Å². The van der Waals surface area contributed by atoms with Crippen LogP contribution in [0.1, 0.15) is 105 Å². The summed E-state index contributed by atoms with van der Waals surface area (Å²) in [6, 6.07) is 5.60. The molecule has 9 atom stereocenters. The fourth-order valence-corrected chi connectivity index (χ4v) is 12.4. The van der Waals surface area contributed by atoms with Crippen LogP contribution in [0.5, 0.6) is 0 Å². The SMILES string of the molecule is C[C@H]1[C@H](C)CC[C@]2(C(=O)O)CC[C@]3(C)C(=CC[C@@H]4[C@@]5(C)CC(=C\c6ccc(Cl)cc6Cl)/C(=N\N=C(N)N)C(C)(C)[C@@H]5CC[C@]43C)[C@H]12. The summed E-state index contributed by atoms with van der Waals surface area (Å²) in [6.07, 6.45) is 12.1. The van der Waals surface area contributed by atoms with Gasteiger partial charge in [-0.25, -0.2) is 0 Å². The number of carboxylic acids is 1. The Bertz CT molecular complexity index is 1580. The van der Waals surface area contributed by atoms with Crippen molar-refractivity contribution in [2.75, 3.05) is 0 Å². The minimum atomic E-state index is -0.640. The highest BCUT2D eigenvalue weighted by Gasteiger charge is 2.69. The number of carboxylic acid groups (broad SMARTS) is 1. The zero-order chi connectivity index (χ0) is 33.6. The Balaban J connectivity index is 1.49. The maximum absolute atomic E-state index is 13.1. The molecule has 6 nitrogen and oxygen atoms in total. The number of carbonyl (C=O) groups is 1. The molecular weight excluding hydrogens is 615 g/mol. The molecule has 0 heterocycles. The average molecular weight is 668 g/mol. The number of hydrogen-bond acceptors (Lipinski definition) is 3. The lowest BCUT2D eigenvalue weighted by Crippen LogP contribution is -2.65. The van der Waals surface area contributed by atoms with Gasteiger partial charge in [0, 0.05) is 15.5 Å². The molecule has 0 saturated heterocycles. The quantitative estimate of drug-likeness (QED) is 0.129. The van der Waals surface area contributed by atoms with E-state index >= 15 is 0 Å². The van der Waals surface area contributed by atoms with Crippen molar-refractivity contribution in [3.05, 3.63) is 51.0 Å². The van der Waals surface area contributed by atoms with Gasteiger partial charge in [-0.2, -0.15) is 5.10 Å². The van der Waals surface area contributed by atoms with Crippen molar-refractivity contribution in [1.29, 1.82) is 0 Å². The van der Waals surface area contributed by atoms with Crippen molar-refractivity contribution >= 4 is 46.9 Å². The molecule has 4 saturated carbocycles. The number of rotatable bonds is 3. The summed E-state index contributed by atoms with van der Waals surface area (Å²) in [5, 5.41) is 20.8. The number of hydrogen-bond donors (Lipinski definition) is 3. The lowest BCUT2D eigenvalue weighted by molar-refractivity contribution is -0.179. The molecule has 4 fully saturated rings. The first-order valence-corrected chi connectivity index (χ1v) is 17.9. The molecular formula is C38H52Cl2N4O2. The third-order valence-electron chi connectivity index (χ3n) is 14.6. The highest BCUT2D eigenvalue weighted by Crippen LogP contribution is 2.76. The fraction of sp³-hybridized carbons (Fsp3) is 0.658. The summed E-state index contributed by atoms with van der Waals surface area (Å²) in [6.45, 7) is 16.8. The summed E-state index contributed by atoms with van der Waals surface area (Å²) in [5.74, 6) is 1.10. The van der Waals surface area contributed by atoms with Gasteiger partial charge < -0.3 is 16.6 Å². The summed E-state index contributed by atoms with van der Waals surface area (Å²) >= 11 is 13.0. The molecule has 5 aliphatic rings. The first-order valence-electron chi connectivity index (χ1n) is 17.2. The molecule has 0 amide bonds. The van der Waals surface area contributed by atoms with Gasteiger partial charge in [-0.15, -0.1) is 5.10 Å². The number of halogens is 2. The molecule has 0 unspecified atom stereocenters. The monoisotopic (exact) mass is 666 g/mol. The second-order valence-corrected chi connectivity index (χ2v) is 17.7. The van der Waals surface area contributed by atoms with E-state index in [4.69, 9.17) is 39.8 Å². The third kappa shape index (κ3) is 4.66. The Hall–Kier alpha value is -2.31. The molecule has 5 N–H and O–H groups in total. The predicted molar refractivity (Wildman–Crippen MR) is 190 cm³/mol. The molecule has 0 aromatic heterocycles. The van der Waals surface area contributed by atoms with Crippen LogP contribution in [0.15, 0.2) is 45.6 Å². The second-order valence-electron chi connectivity index (χ2n) is 16.8. The number of guanidine groups is 1. The van der Waals surface area contributed by atoms with Crippen LogP contribution in [0, 0.1) is 56.7 Å². The highest BCUT2D eigenvalue weighted by molar-refractivity contribution is 6.35. The zero-order valence-corrected chi connectivity index (χ0v) is 30.1. The van der Waals surface area contributed by atoms with Crippen LogP contribution in [0.4, 0.5) is 0 Å². The van der Waals surface area contributed by atoms with Crippen molar-refractivity contribution in [3.8, 4) is 0 Å². The van der Waals surface area contributed by atoms with Crippen molar-refractivity contribution in [1.82, 2.24) is 0 Å². The second kappa shape index (κ2) is 11.1. The van der Waals surface area contributed by atoms with Gasteiger partial charge in [0.05, 0.1) is 11.1 Å². The molecule has 0 spiro atoms. The van der Waals surface area contributed by atoms with Crippen LogP contribution < -0.4 is 11.5 Å². The number of nitrogens with zero attached hydrogens (tertiary/aromatic N) is 2. The van der Waals surface area contributed by atoms with E-state index in [-0.39, 0.29) is 33.5 Å². The molecule has 0 aliphatic heterocycles. The Morgan fingerprint density at radius 1 is 1.00 bits per heavy atom. The van der Waals surface area contributed by atoms with Gasteiger partial charge in [0.25, 0.3) is 0 Å². The van der Waals surface area contributed by atoms with Gasteiger partial charge in [0.2, 0.25) is 5.96 Å². The number of fused-ring (bicyclic) bond motifs is 7. The Morgan fingerprint density at radius 2 is 1.72 bits per heavy atom. The van der Waals surface area contributed by atoms with Gasteiger partial charge in [-0.05, 0) is 127 Å². The van der Waals surface area contributed by atoms with E-state index < -0.39 is 11.4 Å². The standard InChI is InChI=1S/C38H52Cl2N4O2/c1-21-12-15-38(32(45)46)17-16-36(6)26(30(38)22(21)2)10-11-29-35(5)20-24(18-23-8-9-25(39)19-27(23)40)31(43-44-33(41)42)34(3,4)28(35)13-14-37(29,36)7/h8-10,18-19,21-22,28-30H,11-17,20H2,1-7H3,(H,45,46)(H4,41,42,44)/b24-18+,43-31+/t21-,22+,28+,29-,30+,35+,36-,37-,38+/m1/s1. The highest BCUT2D eigenvalue weighted by atomic mass is 35.5. The Labute approximate surface area is 285 Å². The smallest absolute Gasteiger partial charge is 0.310 e. The summed E-state index contributed by atoms with van der Waals surface area (Å²) in [4.78, 5) is 13.1. The molecule has 0 radical (unpaired) electrons. The minimum Gasteiger partial charge on any atom is -0.481 e. The van der Waals surface area contributed by atoms with Gasteiger partial charge in [0.15, 0.2) is 0 Å². The number of allylic oxidation sites excluding steroid dienone is 3. The van der Waals surface area contributed by atoms with Crippen molar-refractivity contribution in [3.63, 3.8) is 0 Å². The van der Waals surface area contributed by atoms with Crippen LogP contribution in [-0.2, 0) is 4.79 Å². The summed E-state index contributed by atoms with van der Waals surface area (Å²) in [7, 11) is 0. The topological polar surface area (TPSA) is 114 Å². The minimum absolute atomic E-state index is 0.0288. The van der Waals surface area contributed by atoms with E-state index in [1.165, 1.54) is 5.57 Å². The molecule has 46 heavy (non-hydrogen) atoms. The maximum atomic E-state index is 13.1. The van der Waals surface area contributed by atoms with Crippen LogP contribution >= 0.6 is 23.2 Å². The molecule has 6 rings (SSSR count). The largest absolute Gasteiger partial charge is 0.481 e. The van der Waals surface area contributed by atoms with Crippen molar-refractivity contribution in [2.24, 2.45) is 78.3 Å². The van der Waals surface area contributed by atoms with E-state index in [1.54, 1.807) is 6.07 Å². The number of aliphatic carboxylic acids is 1. The fourth-order valence-electron chi connectivity index (χ4n) is 12.0. The molecule has 8 heteroatoms. The Kier molecular flexibility index (Phi) is 8.12. The average Bonchev–Trinajstić information content (AvgIpc) is 2.95. The molecule has 0 bridgehead atoms. The van der Waals surface area contributed by atoms with E-state index in [9.17, 15) is 9.90 Å². The summed E-state index contributed by atoms with van der Waals surface area (Å²) in [5.41, 5.74) is 14.9. The summed E-state index contributed by atoms with van der Waals surface area (Å²) < 4.78 is 0. The molecule has 250 valence electrons. The Morgan fingerprint density at radius 3 is 2.37 bits per heavy atom. The molecule has 1 aromatic carbocycles. The lowest BCUT2D eigenvalue weighted by atomic mass is 9.33. The molecule has 1 aromatic rings. The number of nitrogens with two attached hydrogens (primary N) is 2. The van der Waals surface area contributed by atoms with Crippen LogP contribution in [0.25, 0.3) is 6.08 Å². The van der Waals surface area contributed by atoms with Crippen molar-refractivity contribution in [2.45, 2.75) is 99.8 Å². The van der Waals surface area contributed by atoms with Gasteiger partial charge >= 0.3 is 5.97 Å². The van der Waals surface area contributed by atoms with E-state index in [2.05, 4.69) is 65.7 Å². The normalized spacial score (nSPS) is 43.1. The predicted octanol–water partition coefficient (Wildman–Crippen LogP) is 9.36. The molecule has 5 aliphatic carbocycles. The van der Waals surface area contributed by atoms with Crippen LogP contribution in [0.3, 0.4) is 0 Å². The third-order valence-corrected chi connectivity index (χ3v) is 15.2. The van der Waals surface area contributed by atoms with E-state index in [0.29, 0.717) is 33.7 Å². The van der Waals surface area contributed by atoms with Gasteiger partial charge in [-0.3, -0.25) is 4.79 Å². The lowest BCUT2D eigenvalue weighted by Gasteiger charge is -2.71. The van der Waals surface area contributed by atoms with Gasteiger partial charge in [0.1, 0.15) is 0 Å². The first-order chi connectivity index (χ1) is 21.4. The first kappa shape index (κ1) is 33.6. The van der Waals surface area contributed by atoms with Crippen LogP contribution in [-0.4, -0.2) is 22.7 Å². The zero-order valence-electron chi connectivity index (χ0n) is 28.6. The van der Waals surface area contributed by atoms with E-state index in [1.807, 2.05) is 12.1 Å². The van der Waals surface area contributed by atoms with Gasteiger partial charge in [-0.1, -0.05) is 89.4 Å².